The molecule has 10 nitrogen and oxygen atoms in total. The number of hydrogen-bond donors (Lipinski definition) is 0. The molecule has 11 heteroatoms. The molecule has 9 heterocycles. The third kappa shape index (κ3) is 8.77. The lowest BCUT2D eigenvalue weighted by atomic mass is 9.99. The van der Waals surface area contributed by atoms with Crippen molar-refractivity contribution in [2.24, 2.45) is 0 Å². The maximum absolute atomic E-state index is 6.73. The lowest BCUT2D eigenvalue weighted by molar-refractivity contribution is 0.651. The average Bonchev–Trinajstić information content (AvgIpc) is 1.56. The highest BCUT2D eigenvalue weighted by Crippen LogP contribution is 2.47. The Hall–Kier alpha value is -13.9. The Kier molecular flexibility index (Phi) is 12.7. The monoisotopic (exact) mass is 1350 g/mol. The molecule has 484 valence electrons. The Morgan fingerprint density at radius 3 is 1.39 bits per heavy atom. The van der Waals surface area contributed by atoms with Gasteiger partial charge in [-0.05, 0) is 148 Å². The van der Waals surface area contributed by atoms with E-state index >= 15 is 0 Å². The van der Waals surface area contributed by atoms with E-state index in [1.54, 1.807) is 11.3 Å². The molecule has 0 radical (unpaired) electrons. The van der Waals surface area contributed by atoms with Crippen molar-refractivity contribution < 1.29 is 4.42 Å². The SMILES string of the molecule is c1ccc(-n2c3ccccc3c3c(-c4nc(-n5c6ccccc6c6cc7ccccc7cc65)c5c(n4)sc4ccccc45)cccc32)cc1.c1ccc(-n2c3ccccc3c3c(-c4nc(-n5c6ccccc6c6cc7ccccc7cc65)nc5oc6ccc(-c7ccncc7)cc6c45)cccc32)cc1. The van der Waals surface area contributed by atoms with E-state index in [4.69, 9.17) is 24.4 Å². The Morgan fingerprint density at radius 2 is 0.779 bits per heavy atom. The van der Waals surface area contributed by atoms with Crippen molar-refractivity contribution in [2.45, 2.75) is 0 Å². The molecular formula is C93H55N9OS. The molecule has 23 aromatic rings. The first-order valence-corrected chi connectivity index (χ1v) is 35.8. The standard InChI is InChI=1S/C49H29N5O.C44H26N4S/c1-2-13-34(14-3-1)53-41-19-9-7-16-36(41)45-37(17-10-20-42(45)53)47-46-39-28-33(30-23-25-50-26-24-30)21-22-44(39)55-48(46)52-49(51-47)54-40-18-8-6-15-35(40)38-27-31-11-4-5-12-32(31)29-43(38)54;1-2-15-29(16-3-1)47-36-22-10-7-18-31(36)40-33(20-12-23-37(40)47)42-45-43(41-32-19-8-11-24-39(32)49-44(41)46-42)48-35-21-9-6-17-30(35)34-25-27-13-4-5-14-28(27)26-38(34)48/h1-29H;1-26H. The van der Waals surface area contributed by atoms with Gasteiger partial charge in [-0.25, -0.2) is 15.0 Å². The summed E-state index contributed by atoms with van der Waals surface area (Å²) in [4.78, 5) is 27.1. The van der Waals surface area contributed by atoms with E-state index in [-0.39, 0.29) is 0 Å². The molecule has 0 amide bonds. The van der Waals surface area contributed by atoms with Gasteiger partial charge in [0.1, 0.15) is 10.4 Å². The molecule has 0 aliphatic carbocycles. The normalized spacial score (nSPS) is 12.0. The zero-order valence-electron chi connectivity index (χ0n) is 55.6. The predicted octanol–water partition coefficient (Wildman–Crippen LogP) is 24.3. The molecule has 9 aromatic heterocycles. The highest BCUT2D eigenvalue weighted by Gasteiger charge is 2.27. The molecular weight excluding hydrogens is 1290 g/mol. The van der Waals surface area contributed by atoms with Crippen molar-refractivity contribution in [1.29, 1.82) is 0 Å². The molecule has 23 rings (SSSR count). The maximum Gasteiger partial charge on any atom is 0.238 e. The molecule has 0 saturated heterocycles. The van der Waals surface area contributed by atoms with Crippen molar-refractivity contribution in [3.8, 4) is 56.9 Å². The van der Waals surface area contributed by atoms with Crippen molar-refractivity contribution in [3.05, 3.63) is 334 Å². The van der Waals surface area contributed by atoms with Gasteiger partial charge in [0, 0.05) is 93.5 Å². The number of benzene rings is 14. The summed E-state index contributed by atoms with van der Waals surface area (Å²) in [5, 5.41) is 18.2. The minimum Gasteiger partial charge on any atom is -0.437 e. The van der Waals surface area contributed by atoms with Gasteiger partial charge in [0.2, 0.25) is 11.7 Å². The van der Waals surface area contributed by atoms with E-state index in [1.165, 1.54) is 42.4 Å². The zero-order valence-corrected chi connectivity index (χ0v) is 56.4. The topological polar surface area (TPSA) is 97.3 Å². The highest BCUT2D eigenvalue weighted by molar-refractivity contribution is 7.25. The number of nitrogens with zero attached hydrogens (tertiary/aromatic N) is 9. The van der Waals surface area contributed by atoms with Crippen molar-refractivity contribution >= 4 is 162 Å². The van der Waals surface area contributed by atoms with E-state index in [0.717, 1.165) is 154 Å². The number of furan rings is 1. The van der Waals surface area contributed by atoms with Gasteiger partial charge in [-0.3, -0.25) is 14.1 Å². The van der Waals surface area contributed by atoms with Crippen LogP contribution in [0.25, 0.3) is 208 Å². The molecule has 0 N–H and O–H groups in total. The summed E-state index contributed by atoms with van der Waals surface area (Å²) in [6.45, 7) is 0. The van der Waals surface area contributed by atoms with Crippen LogP contribution in [0.15, 0.2) is 338 Å². The summed E-state index contributed by atoms with van der Waals surface area (Å²) >= 11 is 1.74. The molecule has 0 unspecified atom stereocenters. The van der Waals surface area contributed by atoms with Crippen LogP contribution in [0.3, 0.4) is 0 Å². The molecule has 14 aromatic carbocycles. The third-order valence-electron chi connectivity index (χ3n) is 21.0. The van der Waals surface area contributed by atoms with E-state index in [9.17, 15) is 0 Å². The Morgan fingerprint density at radius 1 is 0.288 bits per heavy atom. The average molecular weight is 1350 g/mol. The summed E-state index contributed by atoms with van der Waals surface area (Å²) in [7, 11) is 0. The van der Waals surface area contributed by atoms with Gasteiger partial charge in [0.15, 0.2) is 11.6 Å². The van der Waals surface area contributed by atoms with Gasteiger partial charge in [-0.2, -0.15) is 4.98 Å². The van der Waals surface area contributed by atoms with Crippen LogP contribution in [0.2, 0.25) is 0 Å². The van der Waals surface area contributed by atoms with Crippen LogP contribution < -0.4 is 0 Å². The van der Waals surface area contributed by atoms with Crippen molar-refractivity contribution in [2.75, 3.05) is 0 Å². The minimum absolute atomic E-state index is 0.539. The first-order valence-electron chi connectivity index (χ1n) is 34.9. The molecule has 104 heavy (non-hydrogen) atoms. The number of hydrogen-bond acceptors (Lipinski definition) is 7. The molecule has 0 atom stereocenters. The molecule has 0 fully saturated rings. The van der Waals surface area contributed by atoms with Crippen LogP contribution in [0.1, 0.15) is 0 Å². The van der Waals surface area contributed by atoms with Crippen LogP contribution in [-0.4, -0.2) is 43.2 Å². The second-order valence-corrected chi connectivity index (χ2v) is 27.7. The summed E-state index contributed by atoms with van der Waals surface area (Å²) < 4.78 is 17.2. The minimum atomic E-state index is 0.539. The van der Waals surface area contributed by atoms with Crippen LogP contribution in [0, 0.1) is 0 Å². The smallest absolute Gasteiger partial charge is 0.238 e. The number of thiophene rings is 1. The quantitative estimate of drug-likeness (QED) is 0.158. The molecule has 0 bridgehead atoms. The lowest BCUT2D eigenvalue weighted by Crippen LogP contribution is -2.03. The van der Waals surface area contributed by atoms with Crippen LogP contribution in [0.5, 0.6) is 0 Å². The van der Waals surface area contributed by atoms with Crippen LogP contribution in [0.4, 0.5) is 0 Å². The van der Waals surface area contributed by atoms with Gasteiger partial charge < -0.3 is 13.6 Å². The molecule has 0 saturated carbocycles. The fraction of sp³-hybridized carbons (Fsp3) is 0. The van der Waals surface area contributed by atoms with Gasteiger partial charge >= 0.3 is 0 Å². The summed E-state index contributed by atoms with van der Waals surface area (Å²) in [6.07, 6.45) is 3.65. The summed E-state index contributed by atoms with van der Waals surface area (Å²) in [6, 6.07) is 114. The Labute approximate surface area is 597 Å². The van der Waals surface area contributed by atoms with Gasteiger partial charge in [0.05, 0.1) is 60.6 Å². The second kappa shape index (κ2) is 22.8. The van der Waals surface area contributed by atoms with E-state index in [1.807, 2.05) is 30.6 Å². The molecule has 0 aliphatic rings. The fourth-order valence-electron chi connectivity index (χ4n) is 16.5. The van der Waals surface area contributed by atoms with Gasteiger partial charge in [-0.15, -0.1) is 11.3 Å². The van der Waals surface area contributed by atoms with Crippen LogP contribution in [-0.2, 0) is 0 Å². The number of para-hydroxylation sites is 6. The molecule has 0 spiro atoms. The maximum atomic E-state index is 6.73. The van der Waals surface area contributed by atoms with E-state index in [0.29, 0.717) is 11.7 Å². The second-order valence-electron chi connectivity index (χ2n) is 26.7. The summed E-state index contributed by atoms with van der Waals surface area (Å²) in [5.41, 5.74) is 17.4. The largest absolute Gasteiger partial charge is 0.437 e. The zero-order chi connectivity index (χ0) is 68.1. The predicted molar refractivity (Wildman–Crippen MR) is 431 cm³/mol. The van der Waals surface area contributed by atoms with Crippen LogP contribution >= 0.6 is 11.3 Å². The first kappa shape index (κ1) is 58.0. The van der Waals surface area contributed by atoms with E-state index in [2.05, 4.69) is 327 Å². The van der Waals surface area contributed by atoms with E-state index < -0.39 is 0 Å². The lowest BCUT2D eigenvalue weighted by Gasteiger charge is -2.12. The Bertz CT molecular complexity index is 7490. The number of fused-ring (bicyclic) bond motifs is 20. The van der Waals surface area contributed by atoms with Gasteiger partial charge in [0.25, 0.3) is 0 Å². The first-order chi connectivity index (χ1) is 51.6. The summed E-state index contributed by atoms with van der Waals surface area (Å²) in [5.74, 6) is 2.19. The third-order valence-corrected chi connectivity index (χ3v) is 22.0. The number of rotatable bonds is 7. The Balaban J connectivity index is 0.000000132. The molecule has 0 aliphatic heterocycles. The van der Waals surface area contributed by atoms with Crippen molar-refractivity contribution in [3.63, 3.8) is 0 Å². The van der Waals surface area contributed by atoms with Gasteiger partial charge in [-0.1, -0.05) is 206 Å². The van der Waals surface area contributed by atoms with Crippen molar-refractivity contribution in [1.82, 2.24) is 43.2 Å². The number of aromatic nitrogens is 9. The highest BCUT2D eigenvalue weighted by atomic mass is 32.1. The fourth-order valence-corrected chi connectivity index (χ4v) is 17.5. The number of pyridine rings is 1.